The lowest BCUT2D eigenvalue weighted by atomic mass is 9.76. The summed E-state index contributed by atoms with van der Waals surface area (Å²) >= 11 is 0. The lowest BCUT2D eigenvalue weighted by molar-refractivity contribution is -0.143. The monoisotopic (exact) mass is 476 g/mol. The molecule has 4 aliphatic heterocycles. The molecular weight excluding hydrogens is 452 g/mol. The van der Waals surface area contributed by atoms with Crippen molar-refractivity contribution in [2.45, 2.75) is 38.4 Å². The largest absolute Gasteiger partial charge is 0.454 e. The zero-order valence-corrected chi connectivity index (χ0v) is 19.2. The SMILES string of the molecule is Cc1ccc2c(c1C)NC(=O)[C@@]21N[C@@H](CC(N)=O)[C@H]2C(=O)N(Cc3ccc4c(c3)OCO4)C(=O)[C@@H]21. The number of likely N-dealkylation sites (tertiary alicyclic amines) is 1. The van der Waals surface area contributed by atoms with Crippen molar-refractivity contribution in [3.63, 3.8) is 0 Å². The zero-order valence-electron chi connectivity index (χ0n) is 19.2. The van der Waals surface area contributed by atoms with E-state index < -0.39 is 47.0 Å². The Hall–Kier alpha value is -3.92. The van der Waals surface area contributed by atoms with Gasteiger partial charge in [0.2, 0.25) is 30.4 Å². The highest BCUT2D eigenvalue weighted by Gasteiger charge is 2.70. The second kappa shape index (κ2) is 7.29. The second-order valence-electron chi connectivity index (χ2n) is 9.57. The summed E-state index contributed by atoms with van der Waals surface area (Å²) in [7, 11) is 0. The average molecular weight is 476 g/mol. The summed E-state index contributed by atoms with van der Waals surface area (Å²) < 4.78 is 10.8. The van der Waals surface area contributed by atoms with Gasteiger partial charge in [-0.1, -0.05) is 18.2 Å². The van der Waals surface area contributed by atoms with Crippen molar-refractivity contribution in [2.75, 3.05) is 12.1 Å². The van der Waals surface area contributed by atoms with Crippen LogP contribution in [0.4, 0.5) is 5.69 Å². The molecule has 180 valence electrons. The molecule has 4 N–H and O–H groups in total. The van der Waals surface area contributed by atoms with Crippen LogP contribution >= 0.6 is 0 Å². The number of imide groups is 1. The zero-order chi connectivity index (χ0) is 24.6. The number of fused-ring (bicyclic) bond motifs is 5. The molecule has 4 aliphatic rings. The Morgan fingerprint density at radius 2 is 1.89 bits per heavy atom. The number of carbonyl (C=O) groups excluding carboxylic acids is 4. The van der Waals surface area contributed by atoms with E-state index in [2.05, 4.69) is 10.6 Å². The van der Waals surface area contributed by atoms with Crippen LogP contribution in [0.2, 0.25) is 0 Å². The lowest BCUT2D eigenvalue weighted by Gasteiger charge is -2.29. The average Bonchev–Trinajstić information content (AvgIpc) is 3.53. The molecule has 4 amide bonds. The number of anilines is 1. The predicted octanol–water partition coefficient (Wildman–Crippen LogP) is 0.828. The molecular formula is C25H24N4O6. The summed E-state index contributed by atoms with van der Waals surface area (Å²) in [6.07, 6.45) is -0.173. The third-order valence-corrected chi connectivity index (χ3v) is 7.71. The highest BCUT2D eigenvalue weighted by atomic mass is 16.7. The van der Waals surface area contributed by atoms with Gasteiger partial charge in [0.1, 0.15) is 5.54 Å². The number of primary amides is 1. The molecule has 6 rings (SSSR count). The first-order chi connectivity index (χ1) is 16.7. The van der Waals surface area contributed by atoms with Crippen LogP contribution in [0.5, 0.6) is 11.5 Å². The van der Waals surface area contributed by atoms with Crippen LogP contribution in [0, 0.1) is 25.7 Å². The van der Waals surface area contributed by atoms with E-state index in [4.69, 9.17) is 15.2 Å². The summed E-state index contributed by atoms with van der Waals surface area (Å²) in [5, 5.41) is 6.14. The van der Waals surface area contributed by atoms with Crippen molar-refractivity contribution < 1.29 is 28.7 Å². The van der Waals surface area contributed by atoms with Gasteiger partial charge in [-0.2, -0.15) is 0 Å². The molecule has 2 saturated heterocycles. The van der Waals surface area contributed by atoms with Gasteiger partial charge in [-0.15, -0.1) is 0 Å². The summed E-state index contributed by atoms with van der Waals surface area (Å²) in [5.74, 6) is -2.68. The Kier molecular flexibility index (Phi) is 4.50. The number of ether oxygens (including phenoxy) is 2. The van der Waals surface area contributed by atoms with Crippen molar-refractivity contribution in [3.8, 4) is 11.5 Å². The van der Waals surface area contributed by atoms with E-state index in [9.17, 15) is 19.2 Å². The summed E-state index contributed by atoms with van der Waals surface area (Å²) in [6, 6.07) is 8.17. The molecule has 10 nitrogen and oxygen atoms in total. The first-order valence-corrected chi connectivity index (χ1v) is 11.4. The van der Waals surface area contributed by atoms with E-state index in [-0.39, 0.29) is 19.8 Å². The number of hydrogen-bond donors (Lipinski definition) is 3. The maximum Gasteiger partial charge on any atom is 0.250 e. The molecule has 10 heteroatoms. The fourth-order valence-corrected chi connectivity index (χ4v) is 5.95. The van der Waals surface area contributed by atoms with Gasteiger partial charge >= 0.3 is 0 Å². The molecule has 35 heavy (non-hydrogen) atoms. The fraction of sp³-hybridized carbons (Fsp3) is 0.360. The molecule has 0 radical (unpaired) electrons. The van der Waals surface area contributed by atoms with E-state index in [0.29, 0.717) is 28.3 Å². The van der Waals surface area contributed by atoms with E-state index in [0.717, 1.165) is 11.1 Å². The van der Waals surface area contributed by atoms with Gasteiger partial charge in [0.15, 0.2) is 11.5 Å². The lowest BCUT2D eigenvalue weighted by Crippen LogP contribution is -2.53. The number of hydrogen-bond acceptors (Lipinski definition) is 7. The van der Waals surface area contributed by atoms with Crippen LogP contribution in [-0.4, -0.2) is 41.4 Å². The van der Waals surface area contributed by atoms with Gasteiger partial charge < -0.3 is 20.5 Å². The van der Waals surface area contributed by atoms with Crippen molar-refractivity contribution >= 4 is 29.3 Å². The minimum Gasteiger partial charge on any atom is -0.454 e. The highest BCUT2D eigenvalue weighted by molar-refractivity contribution is 6.15. The maximum atomic E-state index is 13.8. The van der Waals surface area contributed by atoms with Crippen LogP contribution < -0.4 is 25.8 Å². The van der Waals surface area contributed by atoms with Crippen molar-refractivity contribution in [1.29, 1.82) is 0 Å². The van der Waals surface area contributed by atoms with Gasteiger partial charge in [-0.25, -0.2) is 0 Å². The molecule has 0 bridgehead atoms. The fourth-order valence-electron chi connectivity index (χ4n) is 5.95. The minimum atomic E-state index is -1.46. The smallest absolute Gasteiger partial charge is 0.250 e. The standard InChI is InChI=1S/C25H24N4O6/c1-11-3-5-14-21(12(11)2)27-24(33)25(14)20-19(15(28-25)8-18(26)30)22(31)29(23(20)32)9-13-4-6-16-17(7-13)35-10-34-16/h3-7,15,19-20,28H,8-10H2,1-2H3,(H2,26,30)(H,27,33)/t15-,19+,20+,25+/m0/s1. The summed E-state index contributed by atoms with van der Waals surface area (Å²) in [6.45, 7) is 3.96. The first kappa shape index (κ1) is 21.6. The van der Waals surface area contributed by atoms with E-state index in [1.165, 1.54) is 4.90 Å². The van der Waals surface area contributed by atoms with E-state index in [1.807, 2.05) is 26.0 Å². The molecule has 0 saturated carbocycles. The van der Waals surface area contributed by atoms with Crippen LogP contribution in [0.15, 0.2) is 30.3 Å². The predicted molar refractivity (Wildman–Crippen MR) is 122 cm³/mol. The van der Waals surface area contributed by atoms with Crippen LogP contribution in [-0.2, 0) is 31.3 Å². The van der Waals surface area contributed by atoms with Gasteiger partial charge in [-0.3, -0.25) is 29.4 Å². The molecule has 4 atom stereocenters. The molecule has 2 aromatic carbocycles. The van der Waals surface area contributed by atoms with E-state index >= 15 is 0 Å². The number of nitrogens with one attached hydrogen (secondary N) is 2. The second-order valence-corrected chi connectivity index (χ2v) is 9.57. The molecule has 0 aromatic heterocycles. The molecule has 0 aliphatic carbocycles. The molecule has 0 unspecified atom stereocenters. The number of aryl methyl sites for hydroxylation is 1. The van der Waals surface area contributed by atoms with Crippen molar-refractivity contribution in [2.24, 2.45) is 17.6 Å². The van der Waals surface area contributed by atoms with Crippen molar-refractivity contribution in [1.82, 2.24) is 10.2 Å². The summed E-state index contributed by atoms with van der Waals surface area (Å²) in [4.78, 5) is 54.1. The van der Waals surface area contributed by atoms with Gasteiger partial charge in [0, 0.05) is 23.7 Å². The quantitative estimate of drug-likeness (QED) is 0.555. The number of amides is 4. The molecule has 1 spiro atoms. The Balaban J connectivity index is 1.43. The molecule has 2 fully saturated rings. The van der Waals surface area contributed by atoms with Crippen LogP contribution in [0.3, 0.4) is 0 Å². The van der Waals surface area contributed by atoms with Crippen LogP contribution in [0.1, 0.15) is 28.7 Å². The maximum absolute atomic E-state index is 13.8. The molecule has 2 aromatic rings. The Morgan fingerprint density at radius 1 is 1.11 bits per heavy atom. The Morgan fingerprint density at radius 3 is 2.66 bits per heavy atom. The van der Waals surface area contributed by atoms with Crippen molar-refractivity contribution in [3.05, 3.63) is 52.6 Å². The normalized spacial score (nSPS) is 28.0. The Bertz CT molecular complexity index is 1340. The summed E-state index contributed by atoms with van der Waals surface area (Å²) in [5.41, 5.74) is 7.83. The number of carbonyl (C=O) groups is 4. The van der Waals surface area contributed by atoms with Gasteiger partial charge in [0.25, 0.3) is 0 Å². The Labute approximate surface area is 200 Å². The number of nitrogens with zero attached hydrogens (tertiary/aromatic N) is 1. The molecule has 4 heterocycles. The van der Waals surface area contributed by atoms with Crippen LogP contribution in [0.25, 0.3) is 0 Å². The highest BCUT2D eigenvalue weighted by Crippen LogP contribution is 2.54. The van der Waals surface area contributed by atoms with E-state index in [1.54, 1.807) is 18.2 Å². The topological polar surface area (TPSA) is 140 Å². The third kappa shape index (κ3) is 2.86. The number of rotatable bonds is 4. The number of nitrogens with two attached hydrogens (primary N) is 1. The van der Waals surface area contributed by atoms with Gasteiger partial charge in [0.05, 0.1) is 18.4 Å². The van der Waals surface area contributed by atoms with Gasteiger partial charge in [-0.05, 0) is 42.7 Å². The minimum absolute atomic E-state index is 0.0160. The number of benzene rings is 2. The first-order valence-electron chi connectivity index (χ1n) is 11.4. The third-order valence-electron chi connectivity index (χ3n) is 7.71.